The summed E-state index contributed by atoms with van der Waals surface area (Å²) in [6, 6.07) is 7.54. The molecular weight excluding hydrogens is 215 g/mol. The first kappa shape index (κ1) is 14.1. The van der Waals surface area contributed by atoms with E-state index in [4.69, 9.17) is 9.39 Å². The highest BCUT2D eigenvalue weighted by Gasteiger charge is 2.35. The van der Waals surface area contributed by atoms with Crippen LogP contribution in [0.1, 0.15) is 27.7 Å². The molecule has 0 aliphatic carbocycles. The monoisotopic (exact) mass is 235 g/mol. The zero-order chi connectivity index (χ0) is 13.1. The van der Waals surface area contributed by atoms with Crippen LogP contribution in [0, 0.1) is 0 Å². The van der Waals surface area contributed by atoms with Crippen LogP contribution < -0.4 is 10.2 Å². The highest BCUT2D eigenvalue weighted by Crippen LogP contribution is 2.24. The van der Waals surface area contributed by atoms with Gasteiger partial charge in [-0.25, -0.2) is 0 Å². The quantitative estimate of drug-likeness (QED) is 0.786. The Kier molecular flexibility index (Phi) is 4.23. The Morgan fingerprint density at radius 3 is 2.00 bits per heavy atom. The Hall–Kier alpha value is -0.995. The van der Waals surface area contributed by atoms with Crippen molar-refractivity contribution in [2.75, 3.05) is 7.11 Å². The molecule has 0 atom stereocenters. The van der Waals surface area contributed by atoms with Crippen molar-refractivity contribution >= 4 is 12.9 Å². The number of rotatable bonds is 5. The zero-order valence-corrected chi connectivity index (χ0v) is 11.2. The van der Waals surface area contributed by atoms with Gasteiger partial charge in [0, 0.05) is 0 Å². The molecule has 0 saturated carbocycles. The first-order valence-electron chi connectivity index (χ1n) is 5.64. The van der Waals surface area contributed by atoms with Crippen molar-refractivity contribution in [2.45, 2.75) is 38.9 Å². The summed E-state index contributed by atoms with van der Waals surface area (Å²) in [6.45, 7) is 7.17. The minimum absolute atomic E-state index is 0.646. The Labute approximate surface area is 104 Å². The van der Waals surface area contributed by atoms with E-state index in [2.05, 4.69) is 0 Å². The van der Waals surface area contributed by atoms with Gasteiger partial charge in [-0.3, -0.25) is 0 Å². The normalized spacial score (nSPS) is 12.4. The lowest BCUT2D eigenvalue weighted by atomic mass is 9.82. The van der Waals surface area contributed by atoms with E-state index in [1.165, 1.54) is 0 Å². The lowest BCUT2D eigenvalue weighted by Crippen LogP contribution is -2.49. The van der Waals surface area contributed by atoms with E-state index in [0.717, 1.165) is 11.2 Å². The maximum Gasteiger partial charge on any atom is 0.330 e. The Morgan fingerprint density at radius 1 is 1.06 bits per heavy atom. The van der Waals surface area contributed by atoms with Crippen LogP contribution in [0.4, 0.5) is 0 Å². The number of hydrogen-bond donors (Lipinski definition) is 1. The minimum atomic E-state index is -0.907. The summed E-state index contributed by atoms with van der Waals surface area (Å²) < 4.78 is 10.7. The van der Waals surface area contributed by atoms with Crippen molar-refractivity contribution in [2.24, 2.45) is 0 Å². The Morgan fingerprint density at radius 2 is 1.59 bits per heavy atom. The lowest BCUT2D eigenvalue weighted by molar-refractivity contribution is -0.0893. The second-order valence-electron chi connectivity index (χ2n) is 5.08. The fourth-order valence-corrected chi connectivity index (χ4v) is 1.04. The van der Waals surface area contributed by atoms with Gasteiger partial charge in [-0.05, 0) is 39.8 Å². The SMILES string of the molecule is COc1ccc([B]OC(C)(C)C(C)(C)O)cc1. The van der Waals surface area contributed by atoms with Crippen molar-refractivity contribution in [3.8, 4) is 5.75 Å². The van der Waals surface area contributed by atoms with Crippen LogP contribution in [-0.4, -0.2) is 30.9 Å². The second kappa shape index (κ2) is 5.11. The standard InChI is InChI=1S/C13H20BO3/c1-12(2,15)13(3,4)17-14-10-6-8-11(16-5)9-7-10/h6-9,15H,1-5H3. The molecule has 0 bridgehead atoms. The highest BCUT2D eigenvalue weighted by atomic mass is 16.5. The molecule has 0 saturated heterocycles. The first-order valence-corrected chi connectivity index (χ1v) is 5.64. The predicted molar refractivity (Wildman–Crippen MR) is 69.8 cm³/mol. The van der Waals surface area contributed by atoms with Gasteiger partial charge in [0.05, 0.1) is 18.3 Å². The lowest BCUT2D eigenvalue weighted by Gasteiger charge is -2.37. The van der Waals surface area contributed by atoms with E-state index in [-0.39, 0.29) is 0 Å². The summed E-state index contributed by atoms with van der Waals surface area (Å²) in [4.78, 5) is 0. The van der Waals surface area contributed by atoms with E-state index in [1.807, 2.05) is 38.1 Å². The molecule has 0 unspecified atom stereocenters. The Bertz CT molecular complexity index is 352. The van der Waals surface area contributed by atoms with Crippen LogP contribution in [0.3, 0.4) is 0 Å². The maximum atomic E-state index is 9.94. The summed E-state index contributed by atoms with van der Waals surface area (Å²) in [7, 11) is 3.28. The topological polar surface area (TPSA) is 38.7 Å². The van der Waals surface area contributed by atoms with E-state index in [9.17, 15) is 5.11 Å². The number of ether oxygens (including phenoxy) is 1. The van der Waals surface area contributed by atoms with Gasteiger partial charge in [-0.1, -0.05) is 17.6 Å². The molecule has 93 valence electrons. The van der Waals surface area contributed by atoms with Gasteiger partial charge in [-0.15, -0.1) is 0 Å². The number of hydrogen-bond acceptors (Lipinski definition) is 3. The zero-order valence-electron chi connectivity index (χ0n) is 11.2. The van der Waals surface area contributed by atoms with Crippen LogP contribution in [0.5, 0.6) is 5.75 Å². The van der Waals surface area contributed by atoms with E-state index >= 15 is 0 Å². The largest absolute Gasteiger partial charge is 0.497 e. The number of benzene rings is 1. The molecular formula is C13H20BO3. The molecule has 1 rings (SSSR count). The molecule has 0 aromatic heterocycles. The molecule has 0 fully saturated rings. The Balaban J connectivity index is 2.61. The summed E-state index contributed by atoms with van der Waals surface area (Å²) in [5.41, 5.74) is -0.619. The molecule has 0 aliphatic rings. The molecule has 1 aromatic carbocycles. The number of aliphatic hydroxyl groups is 1. The molecule has 1 aromatic rings. The third-order valence-electron chi connectivity index (χ3n) is 3.08. The molecule has 1 radical (unpaired) electrons. The van der Waals surface area contributed by atoms with Crippen molar-refractivity contribution in [3.05, 3.63) is 24.3 Å². The van der Waals surface area contributed by atoms with Gasteiger partial charge in [0.1, 0.15) is 5.75 Å². The van der Waals surface area contributed by atoms with Gasteiger partial charge < -0.3 is 14.5 Å². The molecule has 0 spiro atoms. The van der Waals surface area contributed by atoms with Gasteiger partial charge >= 0.3 is 7.48 Å². The average molecular weight is 235 g/mol. The van der Waals surface area contributed by atoms with Crippen LogP contribution in [0.25, 0.3) is 0 Å². The van der Waals surface area contributed by atoms with Crippen molar-refractivity contribution in [1.82, 2.24) is 0 Å². The molecule has 1 N–H and O–H groups in total. The van der Waals surface area contributed by atoms with Crippen molar-refractivity contribution in [1.29, 1.82) is 0 Å². The van der Waals surface area contributed by atoms with Crippen molar-refractivity contribution < 1.29 is 14.5 Å². The summed E-state index contributed by atoms with van der Waals surface area (Å²) >= 11 is 0. The molecule has 0 amide bonds. The summed E-state index contributed by atoms with van der Waals surface area (Å²) in [6.07, 6.45) is 0. The van der Waals surface area contributed by atoms with Gasteiger partial charge in [0.25, 0.3) is 0 Å². The fraction of sp³-hybridized carbons (Fsp3) is 0.538. The smallest absolute Gasteiger partial charge is 0.330 e. The molecule has 0 heterocycles. The van der Waals surface area contributed by atoms with Gasteiger partial charge in [0.15, 0.2) is 0 Å². The van der Waals surface area contributed by atoms with E-state index < -0.39 is 11.2 Å². The molecule has 4 heteroatoms. The molecule has 3 nitrogen and oxygen atoms in total. The fourth-order valence-electron chi connectivity index (χ4n) is 1.04. The first-order chi connectivity index (χ1) is 7.76. The van der Waals surface area contributed by atoms with Crippen molar-refractivity contribution in [3.63, 3.8) is 0 Å². The third kappa shape index (κ3) is 3.75. The van der Waals surface area contributed by atoms with Crippen LogP contribution in [0.15, 0.2) is 24.3 Å². The highest BCUT2D eigenvalue weighted by molar-refractivity contribution is 6.47. The maximum absolute atomic E-state index is 9.94. The average Bonchev–Trinajstić information content (AvgIpc) is 2.25. The van der Waals surface area contributed by atoms with Gasteiger partial charge in [0.2, 0.25) is 0 Å². The van der Waals surface area contributed by atoms with Gasteiger partial charge in [-0.2, -0.15) is 0 Å². The predicted octanol–water partition coefficient (Wildman–Crippen LogP) is 1.51. The van der Waals surface area contributed by atoms with Crippen LogP contribution in [0.2, 0.25) is 0 Å². The summed E-state index contributed by atoms with van der Waals surface area (Å²) in [5.74, 6) is 0.809. The van der Waals surface area contributed by atoms with Crippen LogP contribution >= 0.6 is 0 Å². The minimum Gasteiger partial charge on any atom is -0.497 e. The number of methoxy groups -OCH3 is 1. The summed E-state index contributed by atoms with van der Waals surface area (Å²) in [5, 5.41) is 9.94. The third-order valence-corrected chi connectivity index (χ3v) is 3.08. The van der Waals surface area contributed by atoms with E-state index in [0.29, 0.717) is 0 Å². The molecule has 17 heavy (non-hydrogen) atoms. The second-order valence-corrected chi connectivity index (χ2v) is 5.08. The van der Waals surface area contributed by atoms with E-state index in [1.54, 1.807) is 28.4 Å². The molecule has 0 aliphatic heterocycles. The van der Waals surface area contributed by atoms with Crippen LogP contribution in [-0.2, 0) is 4.65 Å².